The molecule has 0 saturated heterocycles. The van der Waals surface area contributed by atoms with Gasteiger partial charge in [-0.15, -0.1) is 0 Å². The molecule has 0 aliphatic carbocycles. The van der Waals surface area contributed by atoms with Gasteiger partial charge in [0, 0.05) is 27.6 Å². The van der Waals surface area contributed by atoms with Gasteiger partial charge < -0.3 is 0 Å². The Hall–Kier alpha value is -1.18. The summed E-state index contributed by atoms with van der Waals surface area (Å²) in [5.41, 5.74) is 1.96. The first kappa shape index (κ1) is 9.08. The topological polar surface area (TPSA) is 4.93 Å². The van der Waals surface area contributed by atoms with Gasteiger partial charge in [-0.2, -0.15) is 0 Å². The van der Waals surface area contributed by atoms with E-state index in [1.807, 2.05) is 36.4 Å². The summed E-state index contributed by atoms with van der Waals surface area (Å²) >= 11 is 12.2. The molecule has 3 aromatic rings. The Balaban J connectivity index is 2.63. The smallest absolute Gasteiger partial charge is 0.0675 e. The maximum absolute atomic E-state index is 6.22. The van der Waals surface area contributed by atoms with Crippen LogP contribution in [0.4, 0.5) is 0 Å². The first-order valence-corrected chi connectivity index (χ1v) is 5.34. The molecule has 0 fully saturated rings. The summed E-state index contributed by atoms with van der Waals surface area (Å²) in [5.74, 6) is 0. The van der Waals surface area contributed by atoms with Crippen molar-refractivity contribution in [1.82, 2.24) is 4.09 Å². The lowest BCUT2D eigenvalue weighted by Gasteiger charge is -1.94. The van der Waals surface area contributed by atoms with Crippen molar-refractivity contribution in [2.45, 2.75) is 0 Å². The SMILES string of the molecule is Clc1ccc2c3ccccc3n(Cl)c2c1. The van der Waals surface area contributed by atoms with E-state index in [-0.39, 0.29) is 0 Å². The molecule has 0 aliphatic rings. The lowest BCUT2D eigenvalue weighted by atomic mass is 10.2. The number of rotatable bonds is 0. The molecule has 0 atom stereocenters. The molecule has 1 heterocycles. The van der Waals surface area contributed by atoms with E-state index in [0.29, 0.717) is 5.02 Å². The largest absolute Gasteiger partial charge is 0.252 e. The molecule has 3 rings (SSSR count). The van der Waals surface area contributed by atoms with Crippen LogP contribution in [0.15, 0.2) is 42.5 Å². The Morgan fingerprint density at radius 2 is 1.60 bits per heavy atom. The van der Waals surface area contributed by atoms with Crippen LogP contribution in [0.25, 0.3) is 21.8 Å². The maximum atomic E-state index is 6.22. The molecule has 0 unspecified atom stereocenters. The van der Waals surface area contributed by atoms with E-state index in [4.69, 9.17) is 23.4 Å². The second-order valence-electron chi connectivity index (χ2n) is 3.46. The number of para-hydroxylation sites is 1. The fourth-order valence-electron chi connectivity index (χ4n) is 1.90. The highest BCUT2D eigenvalue weighted by Crippen LogP contribution is 2.31. The molecule has 3 heteroatoms. The van der Waals surface area contributed by atoms with Gasteiger partial charge in [0.1, 0.15) is 0 Å². The molecule has 0 N–H and O–H groups in total. The number of hydrogen-bond donors (Lipinski definition) is 0. The minimum Gasteiger partial charge on any atom is -0.252 e. The van der Waals surface area contributed by atoms with E-state index in [0.717, 1.165) is 21.8 Å². The van der Waals surface area contributed by atoms with Gasteiger partial charge in [-0.3, -0.25) is 4.09 Å². The maximum Gasteiger partial charge on any atom is 0.0675 e. The minimum atomic E-state index is 0.701. The van der Waals surface area contributed by atoms with Gasteiger partial charge in [-0.25, -0.2) is 0 Å². The van der Waals surface area contributed by atoms with Gasteiger partial charge in [0.25, 0.3) is 0 Å². The molecule has 15 heavy (non-hydrogen) atoms. The molecule has 0 saturated carbocycles. The molecular weight excluding hydrogens is 229 g/mol. The molecule has 0 aliphatic heterocycles. The van der Waals surface area contributed by atoms with E-state index in [1.165, 1.54) is 0 Å². The van der Waals surface area contributed by atoms with E-state index in [2.05, 4.69) is 6.07 Å². The fraction of sp³-hybridized carbons (Fsp3) is 0. The molecule has 2 aromatic carbocycles. The van der Waals surface area contributed by atoms with Crippen LogP contribution in [-0.4, -0.2) is 4.09 Å². The van der Waals surface area contributed by atoms with Crippen molar-refractivity contribution in [1.29, 1.82) is 0 Å². The molecule has 1 aromatic heterocycles. The zero-order valence-electron chi connectivity index (χ0n) is 7.74. The minimum absolute atomic E-state index is 0.701. The van der Waals surface area contributed by atoms with E-state index in [9.17, 15) is 0 Å². The van der Waals surface area contributed by atoms with Gasteiger partial charge in [-0.05, 0) is 18.2 Å². The van der Waals surface area contributed by atoms with E-state index < -0.39 is 0 Å². The van der Waals surface area contributed by atoms with Crippen LogP contribution in [0, 0.1) is 0 Å². The van der Waals surface area contributed by atoms with Crippen molar-refractivity contribution < 1.29 is 0 Å². The molecule has 0 spiro atoms. The van der Waals surface area contributed by atoms with Crippen molar-refractivity contribution in [3.05, 3.63) is 47.5 Å². The predicted molar refractivity (Wildman–Crippen MR) is 65.7 cm³/mol. The standard InChI is InChI=1S/C12H7Cl2N/c13-8-5-6-10-9-3-1-2-4-11(9)15(14)12(10)7-8/h1-7H. The van der Waals surface area contributed by atoms with Gasteiger partial charge in [0.15, 0.2) is 0 Å². The molecule has 0 amide bonds. The van der Waals surface area contributed by atoms with Crippen LogP contribution in [0.5, 0.6) is 0 Å². The van der Waals surface area contributed by atoms with Crippen LogP contribution in [0.3, 0.4) is 0 Å². The third kappa shape index (κ3) is 1.24. The van der Waals surface area contributed by atoms with Crippen LogP contribution >= 0.6 is 23.4 Å². The Kier molecular flexibility index (Phi) is 1.91. The highest BCUT2D eigenvalue weighted by molar-refractivity contribution is 6.32. The second kappa shape index (κ2) is 3.16. The zero-order chi connectivity index (χ0) is 10.4. The Morgan fingerprint density at radius 3 is 2.47 bits per heavy atom. The molecule has 0 bridgehead atoms. The summed E-state index contributed by atoms with van der Waals surface area (Å²) in [5, 5.41) is 2.98. The molecule has 74 valence electrons. The number of hydrogen-bond acceptors (Lipinski definition) is 0. The van der Waals surface area contributed by atoms with Crippen LogP contribution in [-0.2, 0) is 0 Å². The third-order valence-corrected chi connectivity index (χ3v) is 3.18. The van der Waals surface area contributed by atoms with E-state index in [1.54, 1.807) is 4.09 Å². The van der Waals surface area contributed by atoms with Gasteiger partial charge in [-0.1, -0.05) is 35.9 Å². The first-order valence-electron chi connectivity index (χ1n) is 4.62. The van der Waals surface area contributed by atoms with Crippen molar-refractivity contribution in [2.75, 3.05) is 0 Å². The number of aromatic nitrogens is 1. The van der Waals surface area contributed by atoms with Gasteiger partial charge >= 0.3 is 0 Å². The van der Waals surface area contributed by atoms with E-state index >= 15 is 0 Å². The van der Waals surface area contributed by atoms with Crippen molar-refractivity contribution in [3.63, 3.8) is 0 Å². The normalized spacial score (nSPS) is 11.3. The number of fused-ring (bicyclic) bond motifs is 3. The quantitative estimate of drug-likeness (QED) is 0.543. The van der Waals surface area contributed by atoms with Crippen molar-refractivity contribution >= 4 is 45.2 Å². The average Bonchev–Trinajstić information content (AvgIpc) is 2.54. The Morgan fingerprint density at radius 1 is 0.867 bits per heavy atom. The summed E-state index contributed by atoms with van der Waals surface area (Å²) < 4.78 is 1.65. The lowest BCUT2D eigenvalue weighted by Crippen LogP contribution is -1.77. The Labute approximate surface area is 96.9 Å². The van der Waals surface area contributed by atoms with Crippen LogP contribution in [0.1, 0.15) is 0 Å². The highest BCUT2D eigenvalue weighted by atomic mass is 35.5. The van der Waals surface area contributed by atoms with Gasteiger partial charge in [0.05, 0.1) is 11.0 Å². The average molecular weight is 236 g/mol. The van der Waals surface area contributed by atoms with Gasteiger partial charge in [0.2, 0.25) is 0 Å². The summed E-state index contributed by atoms with van der Waals surface area (Å²) in [6, 6.07) is 13.8. The number of benzene rings is 2. The molecule has 0 radical (unpaired) electrons. The Bertz CT molecular complexity index is 655. The van der Waals surface area contributed by atoms with Crippen LogP contribution < -0.4 is 0 Å². The second-order valence-corrected chi connectivity index (χ2v) is 4.23. The predicted octanol–water partition coefficient (Wildman–Crippen LogP) is 4.45. The fourth-order valence-corrected chi connectivity index (χ4v) is 2.35. The number of nitrogens with zero attached hydrogens (tertiary/aromatic N) is 1. The molecular formula is C12H7Cl2N. The highest BCUT2D eigenvalue weighted by Gasteiger charge is 2.08. The van der Waals surface area contributed by atoms with Crippen LogP contribution in [0.2, 0.25) is 5.02 Å². The molecule has 1 nitrogen and oxygen atoms in total. The van der Waals surface area contributed by atoms with Crippen molar-refractivity contribution in [2.24, 2.45) is 0 Å². The summed E-state index contributed by atoms with van der Waals surface area (Å²) in [6.45, 7) is 0. The van der Waals surface area contributed by atoms with Crippen molar-refractivity contribution in [3.8, 4) is 0 Å². The summed E-state index contributed by atoms with van der Waals surface area (Å²) in [7, 11) is 0. The number of halogens is 2. The third-order valence-electron chi connectivity index (χ3n) is 2.58. The lowest BCUT2D eigenvalue weighted by molar-refractivity contribution is 1.40. The summed E-state index contributed by atoms with van der Waals surface area (Å²) in [6.07, 6.45) is 0. The monoisotopic (exact) mass is 235 g/mol. The first-order chi connectivity index (χ1) is 7.27. The zero-order valence-corrected chi connectivity index (χ0v) is 9.26. The summed E-state index contributed by atoms with van der Waals surface area (Å²) in [4.78, 5) is 0.